The molecule has 166 valence electrons. The molecule has 1 aliphatic rings. The lowest BCUT2D eigenvalue weighted by Crippen LogP contribution is -2.18. The van der Waals surface area contributed by atoms with Gasteiger partial charge in [0.2, 0.25) is 0 Å². The number of fused-ring (bicyclic) bond motifs is 2. The molecule has 2 N–H and O–H groups in total. The zero-order valence-corrected chi connectivity index (χ0v) is 17.3. The number of aromatic amines is 1. The number of nitrogens with one attached hydrogen (secondary N) is 1. The largest absolute Gasteiger partial charge is 0.479 e. The number of H-pyrrole nitrogens is 1. The van der Waals surface area contributed by atoms with Crippen LogP contribution in [0.2, 0.25) is 0 Å². The van der Waals surface area contributed by atoms with Crippen LogP contribution in [0.1, 0.15) is 43.4 Å². The maximum Gasteiger partial charge on any atom is 0.332 e. The summed E-state index contributed by atoms with van der Waals surface area (Å²) in [6, 6.07) is 5.30. The van der Waals surface area contributed by atoms with Crippen molar-refractivity contribution in [1.29, 1.82) is 0 Å². The molecule has 6 nitrogen and oxygen atoms in total. The van der Waals surface area contributed by atoms with Gasteiger partial charge in [-0.1, -0.05) is 13.8 Å². The average Bonchev–Trinajstić information content (AvgIpc) is 3.46. The summed E-state index contributed by atoms with van der Waals surface area (Å²) in [4.78, 5) is 11.5. The Morgan fingerprint density at radius 3 is 2.69 bits per heavy atom. The van der Waals surface area contributed by atoms with Crippen molar-refractivity contribution in [2.45, 2.75) is 38.2 Å². The third kappa shape index (κ3) is 2.99. The zero-order valence-electron chi connectivity index (χ0n) is 17.3. The van der Waals surface area contributed by atoms with E-state index in [0.29, 0.717) is 33.2 Å². The number of ether oxygens (including phenoxy) is 1. The summed E-state index contributed by atoms with van der Waals surface area (Å²) in [6.07, 6.45) is 0.696. The van der Waals surface area contributed by atoms with E-state index in [1.807, 2.05) is 13.8 Å². The van der Waals surface area contributed by atoms with Gasteiger partial charge in [0.05, 0.1) is 18.3 Å². The molecule has 9 heteroatoms. The van der Waals surface area contributed by atoms with Gasteiger partial charge in [-0.25, -0.2) is 18.0 Å². The highest BCUT2D eigenvalue weighted by molar-refractivity contribution is 6.00. The Kier molecular flexibility index (Phi) is 4.74. The van der Waals surface area contributed by atoms with Crippen LogP contribution in [0.15, 0.2) is 30.5 Å². The van der Waals surface area contributed by atoms with Crippen LogP contribution in [0.5, 0.6) is 0 Å². The fourth-order valence-corrected chi connectivity index (χ4v) is 4.73. The topological polar surface area (TPSA) is 80.1 Å². The molecule has 1 aliphatic heterocycles. The van der Waals surface area contributed by atoms with Crippen LogP contribution in [0.25, 0.3) is 27.5 Å². The summed E-state index contributed by atoms with van der Waals surface area (Å²) < 4.78 is 50.8. The molecule has 0 radical (unpaired) electrons. The minimum Gasteiger partial charge on any atom is -0.479 e. The summed E-state index contributed by atoms with van der Waals surface area (Å²) >= 11 is 0. The van der Waals surface area contributed by atoms with Crippen molar-refractivity contribution >= 4 is 27.8 Å². The van der Waals surface area contributed by atoms with E-state index in [1.54, 1.807) is 10.6 Å². The Morgan fingerprint density at radius 1 is 1.25 bits per heavy atom. The number of hydrogen-bond acceptors (Lipinski definition) is 3. The molecule has 4 aromatic rings. The van der Waals surface area contributed by atoms with Crippen molar-refractivity contribution in [2.24, 2.45) is 0 Å². The highest BCUT2D eigenvalue weighted by Crippen LogP contribution is 2.44. The number of carboxylic acids is 1. The van der Waals surface area contributed by atoms with Gasteiger partial charge in [-0.3, -0.25) is 5.10 Å². The van der Waals surface area contributed by atoms with Crippen molar-refractivity contribution in [1.82, 2.24) is 14.8 Å². The van der Waals surface area contributed by atoms with Gasteiger partial charge in [-0.2, -0.15) is 5.10 Å². The first kappa shape index (κ1) is 20.6. The molecule has 0 aliphatic carbocycles. The Hall–Kier alpha value is -3.33. The molecule has 3 heterocycles. The van der Waals surface area contributed by atoms with E-state index in [2.05, 4.69) is 10.2 Å². The first-order chi connectivity index (χ1) is 15.3. The minimum atomic E-state index is -1.07. The molecular formula is C23H20F3N3O3. The third-order valence-electron chi connectivity index (χ3n) is 6.07. The van der Waals surface area contributed by atoms with Crippen LogP contribution < -0.4 is 0 Å². The SMILES string of the molecule is CC(C)c1c([C@H]2CO[C@H](C(=O)O)C2)c2c(F)c3[nH]ncc3cc2n1-c1ccc(F)c(F)c1. The number of hydrogen-bond donors (Lipinski definition) is 2. The lowest BCUT2D eigenvalue weighted by atomic mass is 9.89. The van der Waals surface area contributed by atoms with E-state index in [0.717, 1.165) is 12.1 Å². The average molecular weight is 443 g/mol. The Morgan fingerprint density at radius 2 is 2.03 bits per heavy atom. The molecule has 0 spiro atoms. The number of aromatic nitrogens is 3. The molecule has 0 bridgehead atoms. The van der Waals surface area contributed by atoms with Crippen LogP contribution in [0.4, 0.5) is 13.2 Å². The fraction of sp³-hybridized carbons (Fsp3) is 0.304. The second kappa shape index (κ2) is 7.37. The van der Waals surface area contributed by atoms with Gasteiger partial charge in [0.25, 0.3) is 0 Å². The minimum absolute atomic E-state index is 0.119. The number of aliphatic carboxylic acids is 1. The number of halogens is 3. The molecule has 2 aromatic heterocycles. The zero-order chi connectivity index (χ0) is 22.7. The Bertz CT molecular complexity index is 1380. The normalized spacial score (nSPS) is 18.9. The number of nitrogens with zero attached hydrogens (tertiary/aromatic N) is 2. The van der Waals surface area contributed by atoms with Crippen LogP contribution in [-0.4, -0.2) is 38.6 Å². The van der Waals surface area contributed by atoms with Gasteiger partial charge < -0.3 is 14.4 Å². The predicted octanol–water partition coefficient (Wildman–Crippen LogP) is 5.00. The van der Waals surface area contributed by atoms with Crippen molar-refractivity contribution in [3.8, 4) is 5.69 Å². The standard InChI is InChI=1S/C23H20F3N3O3/c1-10(2)22-18(12-6-17(23(30)31)32-9-12)19-16(5-11-8-27-28-21(11)20(19)26)29(22)13-3-4-14(24)15(25)7-13/h3-5,7-8,10,12,17H,6,9H2,1-2H3,(H,27,28)(H,30,31)/t12-,17+/m1/s1. The molecule has 32 heavy (non-hydrogen) atoms. The maximum atomic E-state index is 15.8. The van der Waals surface area contributed by atoms with Crippen LogP contribution in [0, 0.1) is 17.5 Å². The lowest BCUT2D eigenvalue weighted by molar-refractivity contribution is -0.147. The van der Waals surface area contributed by atoms with E-state index in [1.165, 1.54) is 12.3 Å². The van der Waals surface area contributed by atoms with Crippen LogP contribution >= 0.6 is 0 Å². The smallest absolute Gasteiger partial charge is 0.332 e. The van der Waals surface area contributed by atoms with Crippen LogP contribution in [-0.2, 0) is 9.53 Å². The van der Waals surface area contributed by atoms with Gasteiger partial charge in [0.1, 0.15) is 5.52 Å². The number of carbonyl (C=O) groups is 1. The van der Waals surface area contributed by atoms with Crippen molar-refractivity contribution < 1.29 is 27.8 Å². The number of carboxylic acid groups (broad SMARTS) is 1. The Labute approximate surface area is 180 Å². The predicted molar refractivity (Wildman–Crippen MR) is 112 cm³/mol. The van der Waals surface area contributed by atoms with Crippen molar-refractivity contribution in [2.75, 3.05) is 6.61 Å². The second-order valence-electron chi connectivity index (χ2n) is 8.40. The van der Waals surface area contributed by atoms with Crippen molar-refractivity contribution in [3.05, 3.63) is 59.2 Å². The monoisotopic (exact) mass is 443 g/mol. The highest BCUT2D eigenvalue weighted by Gasteiger charge is 2.37. The van der Waals surface area contributed by atoms with E-state index in [-0.39, 0.29) is 30.4 Å². The van der Waals surface area contributed by atoms with Crippen molar-refractivity contribution in [3.63, 3.8) is 0 Å². The number of benzene rings is 2. The van der Waals surface area contributed by atoms with Gasteiger partial charge in [0, 0.05) is 34.1 Å². The summed E-state index contributed by atoms with van der Waals surface area (Å²) in [6.45, 7) is 3.96. The van der Waals surface area contributed by atoms with E-state index in [4.69, 9.17) is 4.74 Å². The molecule has 2 aromatic carbocycles. The molecule has 2 atom stereocenters. The summed E-state index contributed by atoms with van der Waals surface area (Å²) in [5.41, 5.74) is 2.37. The van der Waals surface area contributed by atoms with Crippen LogP contribution in [0.3, 0.4) is 0 Å². The quantitative estimate of drug-likeness (QED) is 0.465. The first-order valence-electron chi connectivity index (χ1n) is 10.3. The van der Waals surface area contributed by atoms with Gasteiger partial charge in [-0.15, -0.1) is 0 Å². The fourth-order valence-electron chi connectivity index (χ4n) is 4.73. The van der Waals surface area contributed by atoms with Gasteiger partial charge in [-0.05, 0) is 36.1 Å². The van der Waals surface area contributed by atoms with Gasteiger partial charge in [0.15, 0.2) is 23.6 Å². The molecule has 0 unspecified atom stereocenters. The summed E-state index contributed by atoms with van der Waals surface area (Å²) in [5, 5.41) is 16.8. The molecule has 0 saturated carbocycles. The Balaban J connectivity index is 1.88. The lowest BCUT2D eigenvalue weighted by Gasteiger charge is -2.18. The van der Waals surface area contributed by atoms with E-state index < -0.39 is 29.5 Å². The molecule has 5 rings (SSSR count). The molecule has 1 fully saturated rings. The molecular weight excluding hydrogens is 423 g/mol. The molecule has 0 amide bonds. The maximum absolute atomic E-state index is 15.8. The summed E-state index contributed by atoms with van der Waals surface area (Å²) in [5.74, 6) is -4.09. The van der Waals surface area contributed by atoms with Gasteiger partial charge >= 0.3 is 5.97 Å². The first-order valence-corrected chi connectivity index (χ1v) is 10.3. The summed E-state index contributed by atoms with van der Waals surface area (Å²) in [7, 11) is 0. The second-order valence-corrected chi connectivity index (χ2v) is 8.40. The van der Waals surface area contributed by atoms with E-state index in [9.17, 15) is 18.7 Å². The number of rotatable bonds is 4. The highest BCUT2D eigenvalue weighted by atomic mass is 19.2. The third-order valence-corrected chi connectivity index (χ3v) is 6.07. The molecule has 1 saturated heterocycles. The van der Waals surface area contributed by atoms with E-state index >= 15 is 4.39 Å².